The highest BCUT2D eigenvalue weighted by Gasteiger charge is 2.33. The molecule has 1 N–H and O–H groups in total. The minimum absolute atomic E-state index is 0.0639. The van der Waals surface area contributed by atoms with Gasteiger partial charge in [-0.2, -0.15) is 0 Å². The summed E-state index contributed by atoms with van der Waals surface area (Å²) in [4.78, 5) is 24.2. The van der Waals surface area contributed by atoms with E-state index in [1.165, 1.54) is 17.0 Å². The zero-order valence-corrected chi connectivity index (χ0v) is 11.3. The molecular weight excluding hydrogens is 289 g/mol. The van der Waals surface area contributed by atoms with Crippen molar-refractivity contribution in [3.63, 3.8) is 0 Å². The molecule has 7 heteroatoms. The van der Waals surface area contributed by atoms with Crippen LogP contribution in [0.5, 0.6) is 5.75 Å². The summed E-state index contributed by atoms with van der Waals surface area (Å²) in [5.74, 6) is -1.75. The van der Waals surface area contributed by atoms with Gasteiger partial charge in [-0.3, -0.25) is 4.79 Å². The van der Waals surface area contributed by atoms with Gasteiger partial charge in [0.2, 0.25) is 0 Å². The number of halogens is 2. The third-order valence-electron chi connectivity index (χ3n) is 3.10. The summed E-state index contributed by atoms with van der Waals surface area (Å²) in [6, 6.07) is 2.78. The maximum Gasteiger partial charge on any atom is 0.326 e. The summed E-state index contributed by atoms with van der Waals surface area (Å²) >= 11 is 5.77. The molecule has 0 bridgehead atoms. The Balaban J connectivity index is 1.96. The lowest BCUT2D eigenvalue weighted by Gasteiger charge is -2.21. The average molecular weight is 302 g/mol. The van der Waals surface area contributed by atoms with Gasteiger partial charge in [-0.1, -0.05) is 11.6 Å². The fourth-order valence-electron chi connectivity index (χ4n) is 2.14. The molecule has 1 aliphatic rings. The summed E-state index contributed by atoms with van der Waals surface area (Å²) in [6.45, 7) is 0.0748. The van der Waals surface area contributed by atoms with Gasteiger partial charge >= 0.3 is 5.97 Å². The highest BCUT2D eigenvalue weighted by atomic mass is 35.5. The second-order valence-electron chi connectivity index (χ2n) is 4.45. The van der Waals surface area contributed by atoms with Crippen molar-refractivity contribution in [3.8, 4) is 5.75 Å². The Labute approximate surface area is 119 Å². The van der Waals surface area contributed by atoms with Crippen molar-refractivity contribution in [1.82, 2.24) is 4.90 Å². The van der Waals surface area contributed by atoms with Gasteiger partial charge in [0.15, 0.2) is 6.61 Å². The fourth-order valence-corrected chi connectivity index (χ4v) is 2.36. The van der Waals surface area contributed by atoms with Gasteiger partial charge in [0.25, 0.3) is 5.91 Å². The van der Waals surface area contributed by atoms with E-state index in [2.05, 4.69) is 0 Å². The molecule has 1 heterocycles. The van der Waals surface area contributed by atoms with Crippen LogP contribution in [0.2, 0.25) is 5.02 Å². The molecule has 0 aromatic heterocycles. The number of carbonyl (C=O) groups is 2. The maximum atomic E-state index is 12.9. The SMILES string of the molecule is O=C(O)[C@H]1CCCN1C(=O)COc1ccc(F)cc1Cl. The Morgan fingerprint density at radius 3 is 2.90 bits per heavy atom. The van der Waals surface area contributed by atoms with E-state index < -0.39 is 23.7 Å². The van der Waals surface area contributed by atoms with E-state index in [-0.39, 0.29) is 17.4 Å². The number of aliphatic carboxylic acids is 1. The smallest absolute Gasteiger partial charge is 0.326 e. The Morgan fingerprint density at radius 1 is 1.50 bits per heavy atom. The van der Waals surface area contributed by atoms with Crippen molar-refractivity contribution < 1.29 is 23.8 Å². The molecular formula is C13H13ClFNO4. The minimum atomic E-state index is -1.02. The molecule has 20 heavy (non-hydrogen) atoms. The molecule has 2 rings (SSSR count). The summed E-state index contributed by atoms with van der Waals surface area (Å²) in [7, 11) is 0. The largest absolute Gasteiger partial charge is 0.482 e. The quantitative estimate of drug-likeness (QED) is 0.923. The first-order valence-electron chi connectivity index (χ1n) is 6.09. The van der Waals surface area contributed by atoms with Gasteiger partial charge in [-0.05, 0) is 31.0 Å². The predicted molar refractivity (Wildman–Crippen MR) is 69.3 cm³/mol. The van der Waals surface area contributed by atoms with Crippen molar-refractivity contribution in [2.45, 2.75) is 18.9 Å². The molecule has 1 amide bonds. The fraction of sp³-hybridized carbons (Fsp3) is 0.385. The molecule has 0 saturated carbocycles. The highest BCUT2D eigenvalue weighted by molar-refractivity contribution is 6.32. The Bertz CT molecular complexity index is 537. The summed E-state index contributed by atoms with van der Waals surface area (Å²) < 4.78 is 18.1. The number of amides is 1. The number of benzene rings is 1. The molecule has 0 spiro atoms. The number of hydrogen-bond acceptors (Lipinski definition) is 3. The number of carboxylic acids is 1. The standard InChI is InChI=1S/C13H13ClFNO4/c14-9-6-8(15)3-4-11(9)20-7-12(17)16-5-1-2-10(16)13(18)19/h3-4,6,10H,1-2,5,7H2,(H,18,19)/t10-/m1/s1. The number of likely N-dealkylation sites (tertiary alicyclic amines) is 1. The van der Waals surface area contributed by atoms with Gasteiger partial charge in [0.1, 0.15) is 17.6 Å². The number of hydrogen-bond donors (Lipinski definition) is 1. The summed E-state index contributed by atoms with van der Waals surface area (Å²) in [5.41, 5.74) is 0. The van der Waals surface area contributed by atoms with Gasteiger partial charge in [0, 0.05) is 6.54 Å². The molecule has 1 aromatic rings. The van der Waals surface area contributed by atoms with E-state index in [9.17, 15) is 14.0 Å². The van der Waals surface area contributed by atoms with Crippen molar-refractivity contribution in [2.75, 3.05) is 13.2 Å². The maximum absolute atomic E-state index is 12.9. The highest BCUT2D eigenvalue weighted by Crippen LogP contribution is 2.25. The van der Waals surface area contributed by atoms with Crippen LogP contribution in [0.1, 0.15) is 12.8 Å². The second-order valence-corrected chi connectivity index (χ2v) is 4.85. The van der Waals surface area contributed by atoms with Crippen LogP contribution in [0.25, 0.3) is 0 Å². The average Bonchev–Trinajstić information content (AvgIpc) is 2.86. The number of carboxylic acid groups (broad SMARTS) is 1. The molecule has 0 unspecified atom stereocenters. The van der Waals surface area contributed by atoms with Gasteiger partial charge in [0.05, 0.1) is 5.02 Å². The topological polar surface area (TPSA) is 66.8 Å². The molecule has 0 aliphatic carbocycles. The minimum Gasteiger partial charge on any atom is -0.482 e. The van der Waals surface area contributed by atoms with Crippen LogP contribution in [0.15, 0.2) is 18.2 Å². The zero-order chi connectivity index (χ0) is 14.7. The summed E-state index contributed by atoms with van der Waals surface area (Å²) in [5, 5.41) is 9.06. The van der Waals surface area contributed by atoms with E-state index in [0.29, 0.717) is 19.4 Å². The van der Waals surface area contributed by atoms with Crippen LogP contribution in [0.4, 0.5) is 4.39 Å². The van der Waals surface area contributed by atoms with Crippen molar-refractivity contribution in [2.24, 2.45) is 0 Å². The summed E-state index contributed by atoms with van der Waals surface area (Å²) in [6.07, 6.45) is 1.10. The van der Waals surface area contributed by atoms with E-state index in [0.717, 1.165) is 6.07 Å². The van der Waals surface area contributed by atoms with Crippen molar-refractivity contribution in [3.05, 3.63) is 29.0 Å². The number of rotatable bonds is 4. The second kappa shape index (κ2) is 6.09. The Kier molecular flexibility index (Phi) is 4.44. The van der Waals surface area contributed by atoms with E-state index in [4.69, 9.17) is 21.4 Å². The molecule has 1 saturated heterocycles. The van der Waals surface area contributed by atoms with Gasteiger partial charge in [-0.15, -0.1) is 0 Å². The number of nitrogens with zero attached hydrogens (tertiary/aromatic N) is 1. The Morgan fingerprint density at radius 2 is 2.25 bits per heavy atom. The lowest BCUT2D eigenvalue weighted by Crippen LogP contribution is -2.42. The molecule has 1 aromatic carbocycles. The molecule has 108 valence electrons. The number of ether oxygens (including phenoxy) is 1. The van der Waals surface area contributed by atoms with Crippen LogP contribution in [0, 0.1) is 5.82 Å². The molecule has 1 atom stereocenters. The van der Waals surface area contributed by atoms with Gasteiger partial charge in [-0.25, -0.2) is 9.18 Å². The lowest BCUT2D eigenvalue weighted by atomic mass is 10.2. The molecule has 1 aliphatic heterocycles. The first-order valence-corrected chi connectivity index (χ1v) is 6.47. The monoisotopic (exact) mass is 301 g/mol. The predicted octanol–water partition coefficient (Wildman–Crippen LogP) is 1.93. The third-order valence-corrected chi connectivity index (χ3v) is 3.40. The lowest BCUT2D eigenvalue weighted by molar-refractivity contribution is -0.148. The van der Waals surface area contributed by atoms with Crippen molar-refractivity contribution >= 4 is 23.5 Å². The van der Waals surface area contributed by atoms with E-state index in [1.54, 1.807) is 0 Å². The first kappa shape index (κ1) is 14.6. The van der Waals surface area contributed by atoms with E-state index in [1.807, 2.05) is 0 Å². The molecule has 0 radical (unpaired) electrons. The zero-order valence-electron chi connectivity index (χ0n) is 10.5. The van der Waals surface area contributed by atoms with Crippen LogP contribution in [0.3, 0.4) is 0 Å². The first-order chi connectivity index (χ1) is 9.49. The van der Waals surface area contributed by atoms with Crippen LogP contribution < -0.4 is 4.74 Å². The van der Waals surface area contributed by atoms with Crippen LogP contribution in [-0.4, -0.2) is 41.1 Å². The third kappa shape index (κ3) is 3.19. The van der Waals surface area contributed by atoms with E-state index >= 15 is 0 Å². The van der Waals surface area contributed by atoms with Crippen molar-refractivity contribution in [1.29, 1.82) is 0 Å². The number of carbonyl (C=O) groups excluding carboxylic acids is 1. The van der Waals surface area contributed by atoms with Crippen LogP contribution >= 0.6 is 11.6 Å². The normalized spacial score (nSPS) is 18.1. The van der Waals surface area contributed by atoms with Gasteiger partial charge < -0.3 is 14.7 Å². The molecule has 1 fully saturated rings. The van der Waals surface area contributed by atoms with Crippen LogP contribution in [-0.2, 0) is 9.59 Å². The molecule has 5 nitrogen and oxygen atoms in total. The Hall–Kier alpha value is -1.82.